The van der Waals surface area contributed by atoms with E-state index in [0.29, 0.717) is 12.0 Å². The Bertz CT molecular complexity index is 398. The quantitative estimate of drug-likeness (QED) is 0.304. The minimum Gasteiger partial charge on any atom is -0.464 e. The summed E-state index contributed by atoms with van der Waals surface area (Å²) in [6.45, 7) is 1.57. The molecule has 1 heterocycles. The van der Waals surface area contributed by atoms with Gasteiger partial charge in [-0.1, -0.05) is 0 Å². The van der Waals surface area contributed by atoms with Gasteiger partial charge in [-0.25, -0.2) is 9.59 Å². The smallest absolute Gasteiger partial charge is 0.357 e. The van der Waals surface area contributed by atoms with Crippen molar-refractivity contribution in [2.75, 3.05) is 7.11 Å². The highest BCUT2D eigenvalue weighted by Gasteiger charge is 2.23. The van der Waals surface area contributed by atoms with E-state index in [2.05, 4.69) is 10.1 Å². The lowest BCUT2D eigenvalue weighted by Crippen LogP contribution is -2.21. The molecule has 0 aromatic carbocycles. The summed E-state index contributed by atoms with van der Waals surface area (Å²) in [5.41, 5.74) is 0.211. The highest BCUT2D eigenvalue weighted by molar-refractivity contribution is 5.90. The first kappa shape index (κ1) is 12.8. The van der Waals surface area contributed by atoms with Gasteiger partial charge in [-0.15, -0.1) is 0 Å². The van der Waals surface area contributed by atoms with Crippen molar-refractivity contribution in [2.45, 2.75) is 13.2 Å². The predicted molar refractivity (Wildman–Crippen MR) is 54.0 cm³/mol. The van der Waals surface area contributed by atoms with E-state index >= 15 is 0 Å². The lowest BCUT2D eigenvalue weighted by atomic mass is 10.3. The van der Waals surface area contributed by atoms with Crippen LogP contribution in [0.1, 0.15) is 6.92 Å². The maximum atomic E-state index is 11.1. The zero-order chi connectivity index (χ0) is 12.8. The molecule has 0 aromatic rings. The Kier molecular flexibility index (Phi) is 4.27. The van der Waals surface area contributed by atoms with Gasteiger partial charge in [-0.3, -0.25) is 4.79 Å². The molecule has 0 unspecified atom stereocenters. The van der Waals surface area contributed by atoms with Crippen LogP contribution in [0, 0.1) is 0 Å². The van der Waals surface area contributed by atoms with Crippen LogP contribution in [0.15, 0.2) is 23.6 Å². The summed E-state index contributed by atoms with van der Waals surface area (Å²) < 4.78 is 14.1. The summed E-state index contributed by atoms with van der Waals surface area (Å²) in [5, 5.41) is 2.10. The van der Waals surface area contributed by atoms with Gasteiger partial charge in [-0.05, 0) is 6.92 Å². The largest absolute Gasteiger partial charge is 0.464 e. The van der Waals surface area contributed by atoms with E-state index in [4.69, 9.17) is 9.47 Å². The molecule has 0 bridgehead atoms. The summed E-state index contributed by atoms with van der Waals surface area (Å²) in [6.07, 6.45) is 1.78. The number of ether oxygens (including phenoxy) is 3. The van der Waals surface area contributed by atoms with Gasteiger partial charge in [0, 0.05) is 11.6 Å². The van der Waals surface area contributed by atoms with E-state index in [1.807, 2.05) is 0 Å². The van der Waals surface area contributed by atoms with E-state index in [1.165, 1.54) is 6.08 Å². The fourth-order valence-electron chi connectivity index (χ4n) is 1.02. The van der Waals surface area contributed by atoms with Crippen LogP contribution in [0.4, 0.5) is 0 Å². The minimum absolute atomic E-state index is 0.198. The van der Waals surface area contributed by atoms with Crippen LogP contribution in [0.25, 0.3) is 0 Å². The molecule has 0 aromatic heterocycles. The van der Waals surface area contributed by atoms with Gasteiger partial charge in [0.2, 0.25) is 6.41 Å². The van der Waals surface area contributed by atoms with Crippen molar-refractivity contribution in [1.29, 1.82) is 0 Å². The molecule has 0 aliphatic carbocycles. The monoisotopic (exact) mass is 241 g/mol. The first-order valence-electron chi connectivity index (χ1n) is 4.62. The number of hydrogen-bond donors (Lipinski definition) is 1. The predicted octanol–water partition coefficient (Wildman–Crippen LogP) is -0.407. The Morgan fingerprint density at radius 1 is 1.59 bits per heavy atom. The zero-order valence-corrected chi connectivity index (χ0v) is 9.26. The molecule has 1 aliphatic rings. The van der Waals surface area contributed by atoms with E-state index < -0.39 is 18.2 Å². The molecular formula is C10H11NO6. The Balaban J connectivity index is 2.64. The van der Waals surface area contributed by atoms with Gasteiger partial charge in [0.25, 0.3) is 6.29 Å². The standard InChI is InChI=1S/C10H11NO6/c1-6-3-8(17-9(6)13)16-4-7(11-5-12)10(14)15-2/h3-5,8H,1-2H3,(H,11,12)/b7-4-/t8-/m0/s1. The normalized spacial score (nSPS) is 19.2. The molecule has 17 heavy (non-hydrogen) atoms. The van der Waals surface area contributed by atoms with E-state index in [0.717, 1.165) is 13.4 Å². The Labute approximate surface area is 97.0 Å². The Morgan fingerprint density at radius 2 is 2.29 bits per heavy atom. The topological polar surface area (TPSA) is 90.9 Å². The number of hydrogen-bond acceptors (Lipinski definition) is 6. The average Bonchev–Trinajstić information content (AvgIpc) is 2.63. The van der Waals surface area contributed by atoms with Crippen molar-refractivity contribution in [2.24, 2.45) is 0 Å². The Hall–Kier alpha value is -2.31. The van der Waals surface area contributed by atoms with Crippen molar-refractivity contribution < 1.29 is 28.6 Å². The van der Waals surface area contributed by atoms with Gasteiger partial charge in [-0.2, -0.15) is 0 Å². The van der Waals surface area contributed by atoms with Gasteiger partial charge in [0.05, 0.1) is 7.11 Å². The van der Waals surface area contributed by atoms with Crippen LogP contribution < -0.4 is 5.32 Å². The second-order valence-corrected chi connectivity index (χ2v) is 3.04. The highest BCUT2D eigenvalue weighted by Crippen LogP contribution is 2.14. The fraction of sp³-hybridized carbons (Fsp3) is 0.300. The number of methoxy groups -OCH3 is 1. The molecule has 1 N–H and O–H groups in total. The number of esters is 2. The van der Waals surface area contributed by atoms with E-state index in [-0.39, 0.29) is 5.70 Å². The van der Waals surface area contributed by atoms with Gasteiger partial charge >= 0.3 is 11.9 Å². The molecule has 0 fully saturated rings. The van der Waals surface area contributed by atoms with Gasteiger partial charge in [0.15, 0.2) is 5.70 Å². The summed E-state index contributed by atoms with van der Waals surface area (Å²) in [5.74, 6) is -1.27. The van der Waals surface area contributed by atoms with Gasteiger partial charge in [0.1, 0.15) is 6.26 Å². The van der Waals surface area contributed by atoms with Crippen molar-refractivity contribution in [3.05, 3.63) is 23.6 Å². The summed E-state index contributed by atoms with van der Waals surface area (Å²) >= 11 is 0. The first-order valence-corrected chi connectivity index (χ1v) is 4.62. The molecule has 92 valence electrons. The van der Waals surface area contributed by atoms with Gasteiger partial charge < -0.3 is 19.5 Å². The lowest BCUT2D eigenvalue weighted by Gasteiger charge is -2.09. The second kappa shape index (κ2) is 5.69. The van der Waals surface area contributed by atoms with Crippen molar-refractivity contribution in [3.63, 3.8) is 0 Å². The fourth-order valence-corrected chi connectivity index (χ4v) is 1.02. The van der Waals surface area contributed by atoms with Crippen molar-refractivity contribution >= 4 is 18.3 Å². The molecule has 1 rings (SSSR count). The highest BCUT2D eigenvalue weighted by atomic mass is 16.7. The summed E-state index contributed by atoms with van der Waals surface area (Å²) in [4.78, 5) is 32.3. The van der Waals surface area contributed by atoms with Crippen LogP contribution >= 0.6 is 0 Å². The van der Waals surface area contributed by atoms with Crippen molar-refractivity contribution in [1.82, 2.24) is 5.32 Å². The molecular weight excluding hydrogens is 230 g/mol. The maximum absolute atomic E-state index is 11.1. The number of carbonyl (C=O) groups is 3. The number of carbonyl (C=O) groups excluding carboxylic acids is 3. The molecule has 7 heteroatoms. The number of rotatable bonds is 5. The molecule has 0 radical (unpaired) electrons. The SMILES string of the molecule is COC(=O)/C(=C/O[C@@H]1C=C(C)C(=O)O1)NC=O. The minimum atomic E-state index is -0.907. The van der Waals surface area contributed by atoms with Crippen molar-refractivity contribution in [3.8, 4) is 0 Å². The summed E-state index contributed by atoms with van der Waals surface area (Å²) in [7, 11) is 1.16. The lowest BCUT2D eigenvalue weighted by molar-refractivity contribution is -0.152. The third-order valence-corrected chi connectivity index (χ3v) is 1.87. The zero-order valence-electron chi connectivity index (χ0n) is 9.26. The number of nitrogens with one attached hydrogen (secondary N) is 1. The van der Waals surface area contributed by atoms with Crippen LogP contribution in [-0.2, 0) is 28.6 Å². The maximum Gasteiger partial charge on any atom is 0.357 e. The second-order valence-electron chi connectivity index (χ2n) is 3.04. The molecule has 0 saturated heterocycles. The summed E-state index contributed by atoms with van der Waals surface area (Å²) in [6, 6.07) is 0. The van der Waals surface area contributed by atoms with E-state index in [1.54, 1.807) is 6.92 Å². The number of amides is 1. The molecule has 0 saturated carbocycles. The van der Waals surface area contributed by atoms with E-state index in [9.17, 15) is 14.4 Å². The molecule has 1 atom stereocenters. The average molecular weight is 241 g/mol. The van der Waals surface area contributed by atoms with Crippen LogP contribution in [-0.4, -0.2) is 31.7 Å². The molecule has 1 amide bonds. The first-order chi connectivity index (χ1) is 8.08. The van der Waals surface area contributed by atoms with Crippen LogP contribution in [0.3, 0.4) is 0 Å². The Morgan fingerprint density at radius 3 is 2.76 bits per heavy atom. The molecule has 1 aliphatic heterocycles. The van der Waals surface area contributed by atoms with Crippen LogP contribution in [0.2, 0.25) is 0 Å². The third kappa shape index (κ3) is 3.33. The molecule has 0 spiro atoms. The number of cyclic esters (lactones) is 1. The molecule has 7 nitrogen and oxygen atoms in total. The third-order valence-electron chi connectivity index (χ3n) is 1.87. The van der Waals surface area contributed by atoms with Crippen LogP contribution in [0.5, 0.6) is 0 Å².